The molecule has 0 radical (unpaired) electrons. The summed E-state index contributed by atoms with van der Waals surface area (Å²) >= 11 is 0. The van der Waals surface area contributed by atoms with Gasteiger partial charge in [0.1, 0.15) is 11.5 Å². The Morgan fingerprint density at radius 1 is 1.31 bits per heavy atom. The zero-order chi connectivity index (χ0) is 18.5. The highest BCUT2D eigenvalue weighted by molar-refractivity contribution is 5.78. The molecule has 3 rings (SSSR count). The van der Waals surface area contributed by atoms with Crippen molar-refractivity contribution in [1.29, 1.82) is 0 Å². The molecule has 2 aromatic heterocycles. The first-order chi connectivity index (χ1) is 12.5. The number of ether oxygens (including phenoxy) is 2. The number of amides is 1. The quantitative estimate of drug-likeness (QED) is 0.814. The van der Waals surface area contributed by atoms with Crippen molar-refractivity contribution in [2.75, 3.05) is 19.8 Å². The number of nitrogens with one attached hydrogen (secondary N) is 1. The maximum Gasteiger partial charge on any atom is 0.258 e. The van der Waals surface area contributed by atoms with E-state index in [1.54, 1.807) is 0 Å². The smallest absolute Gasteiger partial charge is 0.258 e. The lowest BCUT2D eigenvalue weighted by Gasteiger charge is -2.18. The summed E-state index contributed by atoms with van der Waals surface area (Å²) in [6.07, 6.45) is 1.45. The van der Waals surface area contributed by atoms with E-state index in [-0.39, 0.29) is 24.5 Å². The van der Waals surface area contributed by atoms with Crippen molar-refractivity contribution in [3.05, 3.63) is 41.0 Å². The van der Waals surface area contributed by atoms with Crippen molar-refractivity contribution in [1.82, 2.24) is 15.5 Å². The summed E-state index contributed by atoms with van der Waals surface area (Å²) in [5.41, 5.74) is 2.65. The van der Waals surface area contributed by atoms with Crippen molar-refractivity contribution in [2.24, 2.45) is 5.92 Å². The van der Waals surface area contributed by atoms with Crippen LogP contribution in [0.2, 0.25) is 0 Å². The van der Waals surface area contributed by atoms with Crippen molar-refractivity contribution in [3.63, 3.8) is 0 Å². The molecule has 0 aromatic carbocycles. The average molecular weight is 359 g/mol. The van der Waals surface area contributed by atoms with Gasteiger partial charge in [-0.05, 0) is 32.4 Å². The molecule has 140 valence electrons. The van der Waals surface area contributed by atoms with Crippen LogP contribution in [0.25, 0.3) is 0 Å². The van der Waals surface area contributed by atoms with Crippen LogP contribution in [0, 0.1) is 19.8 Å². The van der Waals surface area contributed by atoms with Crippen LogP contribution in [-0.2, 0) is 22.4 Å². The number of carbonyl (C=O) groups is 1. The Morgan fingerprint density at radius 2 is 2.15 bits per heavy atom. The summed E-state index contributed by atoms with van der Waals surface area (Å²) < 4.78 is 16.5. The topological polar surface area (TPSA) is 86.5 Å². The number of aromatic nitrogens is 2. The van der Waals surface area contributed by atoms with Gasteiger partial charge in [0.15, 0.2) is 6.61 Å². The van der Waals surface area contributed by atoms with Gasteiger partial charge in [-0.3, -0.25) is 9.78 Å². The molecule has 2 aromatic rings. The first-order valence-corrected chi connectivity index (χ1v) is 8.93. The van der Waals surface area contributed by atoms with E-state index in [2.05, 4.69) is 15.5 Å². The van der Waals surface area contributed by atoms with Gasteiger partial charge in [0.05, 0.1) is 30.6 Å². The number of aryl methyl sites for hydroxylation is 3. The average Bonchev–Trinajstić information content (AvgIpc) is 3.23. The Bertz CT molecular complexity index is 759. The Morgan fingerprint density at radius 3 is 2.88 bits per heavy atom. The summed E-state index contributed by atoms with van der Waals surface area (Å²) in [5.74, 6) is 1.47. The second-order valence-corrected chi connectivity index (χ2v) is 6.65. The van der Waals surface area contributed by atoms with E-state index in [4.69, 9.17) is 14.0 Å². The number of pyridine rings is 1. The van der Waals surface area contributed by atoms with Gasteiger partial charge in [0, 0.05) is 24.1 Å². The Labute approximate surface area is 153 Å². The molecule has 7 nitrogen and oxygen atoms in total. The van der Waals surface area contributed by atoms with Crippen LogP contribution >= 0.6 is 0 Å². The Hall–Kier alpha value is -2.41. The van der Waals surface area contributed by atoms with Gasteiger partial charge < -0.3 is 19.3 Å². The first-order valence-electron chi connectivity index (χ1n) is 8.93. The number of hydrogen-bond acceptors (Lipinski definition) is 6. The minimum absolute atomic E-state index is 0.0393. The van der Waals surface area contributed by atoms with Crippen molar-refractivity contribution in [3.8, 4) is 5.75 Å². The monoisotopic (exact) mass is 359 g/mol. The Kier molecular flexibility index (Phi) is 5.88. The molecule has 2 atom stereocenters. The highest BCUT2D eigenvalue weighted by Gasteiger charge is 2.30. The molecule has 1 aliphatic rings. The molecule has 26 heavy (non-hydrogen) atoms. The van der Waals surface area contributed by atoms with Gasteiger partial charge in [-0.15, -0.1) is 0 Å². The van der Waals surface area contributed by atoms with Crippen LogP contribution in [0.5, 0.6) is 5.75 Å². The van der Waals surface area contributed by atoms with Crippen LogP contribution in [0.4, 0.5) is 0 Å². The number of carbonyl (C=O) groups excluding carboxylic acids is 1. The second kappa shape index (κ2) is 8.31. The number of hydrogen-bond donors (Lipinski definition) is 1. The van der Waals surface area contributed by atoms with Crippen LogP contribution in [-0.4, -0.2) is 41.9 Å². The lowest BCUT2D eigenvalue weighted by molar-refractivity contribution is -0.124. The fraction of sp³-hybridized carbons (Fsp3) is 0.526. The molecule has 0 bridgehead atoms. The second-order valence-electron chi connectivity index (χ2n) is 6.65. The van der Waals surface area contributed by atoms with E-state index in [0.717, 1.165) is 29.3 Å². The van der Waals surface area contributed by atoms with E-state index in [1.165, 1.54) is 0 Å². The zero-order valence-corrected chi connectivity index (χ0v) is 15.4. The lowest BCUT2D eigenvalue weighted by atomic mass is 9.98. The van der Waals surface area contributed by atoms with Crippen molar-refractivity contribution < 1.29 is 18.8 Å². The highest BCUT2D eigenvalue weighted by atomic mass is 16.5. The number of rotatable bonds is 7. The molecule has 0 aliphatic carbocycles. The van der Waals surface area contributed by atoms with Gasteiger partial charge in [0.2, 0.25) is 0 Å². The molecular formula is C19H25N3O4. The van der Waals surface area contributed by atoms with Crippen molar-refractivity contribution >= 4 is 5.91 Å². The maximum atomic E-state index is 12.3. The third-order valence-corrected chi connectivity index (χ3v) is 4.45. The van der Waals surface area contributed by atoms with E-state index in [9.17, 15) is 4.79 Å². The summed E-state index contributed by atoms with van der Waals surface area (Å²) in [5, 5.41) is 6.90. The third-order valence-electron chi connectivity index (χ3n) is 4.45. The molecule has 1 saturated heterocycles. The number of nitrogens with zero attached hydrogens (tertiary/aromatic N) is 2. The molecule has 1 aliphatic heterocycles. The lowest BCUT2D eigenvalue weighted by Crippen LogP contribution is -2.42. The van der Waals surface area contributed by atoms with Gasteiger partial charge >= 0.3 is 0 Å². The summed E-state index contributed by atoms with van der Waals surface area (Å²) in [6, 6.07) is 5.60. The molecular weight excluding hydrogens is 334 g/mol. The molecule has 0 spiro atoms. The molecule has 1 N–H and O–H groups in total. The normalized spacial score (nSPS) is 19.5. The van der Waals surface area contributed by atoms with E-state index in [0.29, 0.717) is 25.4 Å². The molecule has 1 amide bonds. The minimum atomic E-state index is -0.165. The maximum absolute atomic E-state index is 12.3. The van der Waals surface area contributed by atoms with Crippen LogP contribution in [0.1, 0.15) is 29.8 Å². The van der Waals surface area contributed by atoms with Gasteiger partial charge in [0.25, 0.3) is 5.91 Å². The van der Waals surface area contributed by atoms with Crippen LogP contribution in [0.3, 0.4) is 0 Å². The Balaban J connectivity index is 1.52. The zero-order valence-electron chi connectivity index (χ0n) is 15.4. The summed E-state index contributed by atoms with van der Waals surface area (Å²) in [7, 11) is 0. The van der Waals surface area contributed by atoms with Crippen LogP contribution < -0.4 is 10.1 Å². The molecule has 0 saturated carbocycles. The first kappa shape index (κ1) is 18.4. The fourth-order valence-electron chi connectivity index (χ4n) is 3.10. The summed E-state index contributed by atoms with van der Waals surface area (Å²) in [4.78, 5) is 16.7. The van der Waals surface area contributed by atoms with E-state index >= 15 is 0 Å². The van der Waals surface area contributed by atoms with Gasteiger partial charge in [-0.1, -0.05) is 12.1 Å². The van der Waals surface area contributed by atoms with Crippen LogP contribution in [0.15, 0.2) is 22.7 Å². The highest BCUT2D eigenvalue weighted by Crippen LogP contribution is 2.20. The fourth-order valence-corrected chi connectivity index (χ4v) is 3.10. The predicted molar refractivity (Wildman–Crippen MR) is 95.0 cm³/mol. The third kappa shape index (κ3) is 4.60. The molecule has 7 heteroatoms. The van der Waals surface area contributed by atoms with E-state index in [1.807, 2.05) is 39.0 Å². The predicted octanol–water partition coefficient (Wildman–Crippen LogP) is 2.00. The van der Waals surface area contributed by atoms with Crippen molar-refractivity contribution in [2.45, 2.75) is 39.7 Å². The molecule has 0 unspecified atom stereocenters. The van der Waals surface area contributed by atoms with Gasteiger partial charge in [-0.2, -0.15) is 0 Å². The largest absolute Gasteiger partial charge is 0.482 e. The minimum Gasteiger partial charge on any atom is -0.482 e. The van der Waals surface area contributed by atoms with Gasteiger partial charge in [-0.25, -0.2) is 0 Å². The standard InChI is InChI=1S/C19H25N3O4/c1-4-16-18(6-5-12(2)20-16)25-11-19(23)21-17-10-24-9-14(17)8-15-7-13(3)22-26-15/h5-7,14,17H,4,8-11H2,1-3H3,(H,21,23)/t14-,17+/m1/s1. The molecule has 3 heterocycles. The molecule has 1 fully saturated rings. The SMILES string of the molecule is CCc1nc(C)ccc1OCC(=O)N[C@H]1COC[C@H]1Cc1cc(C)no1. The van der Waals surface area contributed by atoms with E-state index < -0.39 is 0 Å². The summed E-state index contributed by atoms with van der Waals surface area (Å²) in [6.45, 7) is 6.89.